The van der Waals surface area contributed by atoms with Crippen LogP contribution in [0.2, 0.25) is 0 Å². The molecule has 1 aromatic carbocycles. The standard InChI is InChI=1S/C13H16N2O3/c1-13(18,8-16)7-15-12(17)10-6-14-11-5-3-2-4-9(10)11/h2-6,14,16,18H,7-8H2,1H3,(H,15,17). The van der Waals surface area contributed by atoms with Crippen LogP contribution in [0.3, 0.4) is 0 Å². The van der Waals surface area contributed by atoms with Gasteiger partial charge in [-0.15, -0.1) is 0 Å². The van der Waals surface area contributed by atoms with Crippen LogP contribution in [0.4, 0.5) is 0 Å². The Kier molecular flexibility index (Phi) is 3.36. The summed E-state index contributed by atoms with van der Waals surface area (Å²) in [6, 6.07) is 7.48. The number of carbonyl (C=O) groups is 1. The van der Waals surface area contributed by atoms with Gasteiger partial charge in [0.25, 0.3) is 5.91 Å². The van der Waals surface area contributed by atoms with Crippen LogP contribution in [0.1, 0.15) is 17.3 Å². The maximum atomic E-state index is 12.0. The van der Waals surface area contributed by atoms with Crippen molar-refractivity contribution in [2.75, 3.05) is 13.2 Å². The topological polar surface area (TPSA) is 85.3 Å². The molecule has 0 aliphatic rings. The fraction of sp³-hybridized carbons (Fsp3) is 0.308. The number of aliphatic hydroxyl groups excluding tert-OH is 1. The summed E-state index contributed by atoms with van der Waals surface area (Å²) in [6.45, 7) is 1.06. The number of para-hydroxylation sites is 1. The molecule has 0 saturated carbocycles. The SMILES string of the molecule is CC(O)(CO)CNC(=O)c1c[nH]c2ccccc12. The molecule has 2 aromatic rings. The van der Waals surface area contributed by atoms with Crippen molar-refractivity contribution in [3.05, 3.63) is 36.0 Å². The normalized spacial score (nSPS) is 14.4. The molecule has 5 nitrogen and oxygen atoms in total. The number of aromatic nitrogens is 1. The predicted molar refractivity (Wildman–Crippen MR) is 68.3 cm³/mol. The van der Waals surface area contributed by atoms with Gasteiger partial charge in [0.15, 0.2) is 0 Å². The Morgan fingerprint density at radius 2 is 2.17 bits per heavy atom. The Labute approximate surface area is 104 Å². The highest BCUT2D eigenvalue weighted by Gasteiger charge is 2.21. The summed E-state index contributed by atoms with van der Waals surface area (Å²) in [5.74, 6) is -0.277. The van der Waals surface area contributed by atoms with Gasteiger partial charge in [-0.2, -0.15) is 0 Å². The highest BCUT2D eigenvalue weighted by Crippen LogP contribution is 2.17. The molecule has 4 N–H and O–H groups in total. The van der Waals surface area contributed by atoms with Gasteiger partial charge in [0.2, 0.25) is 0 Å². The van der Waals surface area contributed by atoms with Gasteiger partial charge in [-0.1, -0.05) is 18.2 Å². The van der Waals surface area contributed by atoms with Gasteiger partial charge in [0.1, 0.15) is 5.60 Å². The summed E-state index contributed by atoms with van der Waals surface area (Å²) < 4.78 is 0. The molecule has 0 fully saturated rings. The van der Waals surface area contributed by atoms with Crippen molar-refractivity contribution >= 4 is 16.8 Å². The van der Waals surface area contributed by atoms with Gasteiger partial charge in [-0.3, -0.25) is 4.79 Å². The summed E-state index contributed by atoms with van der Waals surface area (Å²) in [5, 5.41) is 21.9. The van der Waals surface area contributed by atoms with E-state index in [1.165, 1.54) is 6.92 Å². The summed E-state index contributed by atoms with van der Waals surface area (Å²) in [6.07, 6.45) is 1.63. The van der Waals surface area contributed by atoms with E-state index in [0.29, 0.717) is 5.56 Å². The van der Waals surface area contributed by atoms with Crippen LogP contribution in [0.5, 0.6) is 0 Å². The number of amides is 1. The molecule has 2 rings (SSSR count). The van der Waals surface area contributed by atoms with E-state index in [9.17, 15) is 9.90 Å². The number of benzene rings is 1. The lowest BCUT2D eigenvalue weighted by Crippen LogP contribution is -2.43. The van der Waals surface area contributed by atoms with Crippen molar-refractivity contribution in [1.82, 2.24) is 10.3 Å². The van der Waals surface area contributed by atoms with Crippen LogP contribution in [0, 0.1) is 0 Å². The van der Waals surface area contributed by atoms with Crippen LogP contribution < -0.4 is 5.32 Å². The van der Waals surface area contributed by atoms with E-state index >= 15 is 0 Å². The lowest BCUT2D eigenvalue weighted by Gasteiger charge is -2.20. The first-order chi connectivity index (χ1) is 8.53. The number of carbonyl (C=O) groups excluding carboxylic acids is 1. The Hall–Kier alpha value is -1.85. The highest BCUT2D eigenvalue weighted by molar-refractivity contribution is 6.06. The molecule has 0 radical (unpaired) electrons. The Morgan fingerprint density at radius 1 is 1.44 bits per heavy atom. The molecule has 1 amide bonds. The molecule has 1 heterocycles. The van der Waals surface area contributed by atoms with Crippen LogP contribution in [0.15, 0.2) is 30.5 Å². The van der Waals surface area contributed by atoms with Crippen molar-refractivity contribution < 1.29 is 15.0 Å². The molecular formula is C13H16N2O3. The molecule has 96 valence electrons. The summed E-state index contributed by atoms with van der Waals surface area (Å²) >= 11 is 0. The Balaban J connectivity index is 2.14. The van der Waals surface area contributed by atoms with Crippen LogP contribution in [-0.4, -0.2) is 39.9 Å². The second-order valence-corrected chi connectivity index (χ2v) is 4.59. The molecule has 0 spiro atoms. The van der Waals surface area contributed by atoms with E-state index < -0.39 is 12.2 Å². The van der Waals surface area contributed by atoms with Crippen LogP contribution in [-0.2, 0) is 0 Å². The third-order valence-electron chi connectivity index (χ3n) is 2.80. The van der Waals surface area contributed by atoms with Crippen molar-refractivity contribution in [3.63, 3.8) is 0 Å². The summed E-state index contributed by atoms with van der Waals surface area (Å²) in [4.78, 5) is 15.0. The fourth-order valence-electron chi connectivity index (χ4n) is 1.68. The van der Waals surface area contributed by atoms with Gasteiger partial charge in [-0.25, -0.2) is 0 Å². The molecular weight excluding hydrogens is 232 g/mol. The molecule has 5 heteroatoms. The number of hydrogen-bond donors (Lipinski definition) is 4. The number of fused-ring (bicyclic) bond motifs is 1. The minimum absolute atomic E-state index is 0.00183. The van der Waals surface area contributed by atoms with Crippen molar-refractivity contribution in [2.24, 2.45) is 0 Å². The van der Waals surface area contributed by atoms with Crippen molar-refractivity contribution in [2.45, 2.75) is 12.5 Å². The fourth-order valence-corrected chi connectivity index (χ4v) is 1.68. The van der Waals surface area contributed by atoms with Gasteiger partial charge < -0.3 is 20.5 Å². The largest absolute Gasteiger partial charge is 0.393 e. The first-order valence-corrected chi connectivity index (χ1v) is 5.71. The zero-order valence-corrected chi connectivity index (χ0v) is 10.1. The maximum absolute atomic E-state index is 12.0. The summed E-state index contributed by atoms with van der Waals surface area (Å²) in [5.41, 5.74) is 0.109. The van der Waals surface area contributed by atoms with Gasteiger partial charge in [0.05, 0.1) is 12.2 Å². The van der Waals surface area contributed by atoms with Gasteiger partial charge >= 0.3 is 0 Å². The molecule has 1 atom stereocenters. The first kappa shape index (κ1) is 12.6. The monoisotopic (exact) mass is 248 g/mol. The number of nitrogens with one attached hydrogen (secondary N) is 2. The molecule has 0 aliphatic carbocycles. The van der Waals surface area contributed by atoms with Crippen LogP contribution >= 0.6 is 0 Å². The van der Waals surface area contributed by atoms with Gasteiger partial charge in [0, 0.05) is 23.6 Å². The second kappa shape index (κ2) is 4.80. The minimum atomic E-state index is -1.30. The highest BCUT2D eigenvalue weighted by atomic mass is 16.3. The number of aliphatic hydroxyl groups is 2. The molecule has 0 bridgehead atoms. The lowest BCUT2D eigenvalue weighted by molar-refractivity contribution is 0.00321. The number of H-pyrrole nitrogens is 1. The van der Waals surface area contributed by atoms with E-state index in [1.807, 2.05) is 24.3 Å². The van der Waals surface area contributed by atoms with E-state index in [2.05, 4.69) is 10.3 Å². The first-order valence-electron chi connectivity index (χ1n) is 5.71. The number of rotatable bonds is 4. The average molecular weight is 248 g/mol. The zero-order valence-electron chi connectivity index (χ0n) is 10.1. The second-order valence-electron chi connectivity index (χ2n) is 4.59. The van der Waals surface area contributed by atoms with E-state index in [1.54, 1.807) is 6.20 Å². The smallest absolute Gasteiger partial charge is 0.253 e. The number of aromatic amines is 1. The summed E-state index contributed by atoms with van der Waals surface area (Å²) in [7, 11) is 0. The van der Waals surface area contributed by atoms with E-state index in [-0.39, 0.29) is 12.5 Å². The average Bonchev–Trinajstić information content (AvgIpc) is 2.80. The van der Waals surface area contributed by atoms with Crippen LogP contribution in [0.25, 0.3) is 10.9 Å². The number of hydrogen-bond acceptors (Lipinski definition) is 3. The van der Waals surface area contributed by atoms with Crippen molar-refractivity contribution in [3.8, 4) is 0 Å². The molecule has 0 aliphatic heterocycles. The third-order valence-corrected chi connectivity index (χ3v) is 2.80. The quantitative estimate of drug-likeness (QED) is 0.640. The Bertz CT molecular complexity index is 560. The predicted octanol–water partition coefficient (Wildman–Crippen LogP) is 0.641. The Morgan fingerprint density at radius 3 is 2.89 bits per heavy atom. The maximum Gasteiger partial charge on any atom is 0.253 e. The van der Waals surface area contributed by atoms with Gasteiger partial charge in [-0.05, 0) is 13.0 Å². The zero-order chi connectivity index (χ0) is 13.2. The minimum Gasteiger partial charge on any atom is -0.393 e. The molecule has 1 unspecified atom stereocenters. The lowest BCUT2D eigenvalue weighted by atomic mass is 10.1. The molecule has 0 saturated heterocycles. The van der Waals surface area contributed by atoms with E-state index in [4.69, 9.17) is 5.11 Å². The molecule has 1 aromatic heterocycles. The van der Waals surface area contributed by atoms with Crippen molar-refractivity contribution in [1.29, 1.82) is 0 Å². The third kappa shape index (κ3) is 2.52. The molecule has 18 heavy (non-hydrogen) atoms. The van der Waals surface area contributed by atoms with E-state index in [0.717, 1.165) is 10.9 Å².